The smallest absolute Gasteiger partial charge is 0.333 e. The van der Waals surface area contributed by atoms with Gasteiger partial charge in [0.15, 0.2) is 5.92 Å². The van der Waals surface area contributed by atoms with Crippen molar-refractivity contribution in [2.75, 3.05) is 0 Å². The quantitative estimate of drug-likeness (QED) is 0.778. The van der Waals surface area contributed by atoms with Crippen LogP contribution in [0.1, 0.15) is 12.7 Å². The van der Waals surface area contributed by atoms with Crippen LogP contribution in [0.3, 0.4) is 0 Å². The van der Waals surface area contributed by atoms with Crippen molar-refractivity contribution < 1.29 is 13.2 Å². The van der Waals surface area contributed by atoms with Crippen LogP contribution < -0.4 is 0 Å². The predicted octanol–water partition coefficient (Wildman–Crippen LogP) is 2.15. The number of hydrogen-bond donors (Lipinski definition) is 0. The second kappa shape index (κ2) is 4.34. The Hall–Kier alpha value is -1.51. The topological polar surface area (TPSA) is 41.6 Å². The lowest BCUT2D eigenvalue weighted by Crippen LogP contribution is -2.26. The minimum absolute atomic E-state index is 0.386. The standard InChI is InChI=1S/C9H10F3N3/c1-2-8-14-3-4-15(8)6-7(5-13)9(10,11)12/h3-4,7H,2,6H2,1H3. The van der Waals surface area contributed by atoms with Crippen molar-refractivity contribution in [3.05, 3.63) is 18.2 Å². The van der Waals surface area contributed by atoms with E-state index in [9.17, 15) is 13.2 Å². The van der Waals surface area contributed by atoms with Crippen LogP contribution in [0.25, 0.3) is 0 Å². The number of rotatable bonds is 3. The van der Waals surface area contributed by atoms with E-state index in [4.69, 9.17) is 5.26 Å². The maximum Gasteiger partial charge on any atom is 0.406 e. The third-order valence-electron chi connectivity index (χ3n) is 2.05. The summed E-state index contributed by atoms with van der Waals surface area (Å²) in [5, 5.41) is 8.42. The largest absolute Gasteiger partial charge is 0.406 e. The summed E-state index contributed by atoms with van der Waals surface area (Å²) < 4.78 is 38.2. The summed E-state index contributed by atoms with van der Waals surface area (Å²) in [6, 6.07) is 1.26. The van der Waals surface area contributed by atoms with Gasteiger partial charge in [-0.25, -0.2) is 4.98 Å². The van der Waals surface area contributed by atoms with E-state index in [0.29, 0.717) is 12.2 Å². The molecular formula is C9H10F3N3. The molecule has 0 N–H and O–H groups in total. The number of halogens is 3. The van der Waals surface area contributed by atoms with Gasteiger partial charge in [0, 0.05) is 25.4 Å². The van der Waals surface area contributed by atoms with Crippen molar-refractivity contribution in [1.82, 2.24) is 9.55 Å². The molecule has 0 bridgehead atoms. The Bertz CT molecular complexity index is 361. The van der Waals surface area contributed by atoms with E-state index in [-0.39, 0.29) is 6.54 Å². The molecule has 0 spiro atoms. The van der Waals surface area contributed by atoms with Crippen molar-refractivity contribution >= 4 is 0 Å². The average Bonchev–Trinajstić information content (AvgIpc) is 2.59. The third-order valence-corrected chi connectivity index (χ3v) is 2.05. The summed E-state index contributed by atoms with van der Waals surface area (Å²) in [6.45, 7) is 1.41. The van der Waals surface area contributed by atoms with E-state index in [0.717, 1.165) is 0 Å². The Morgan fingerprint density at radius 2 is 2.27 bits per heavy atom. The van der Waals surface area contributed by atoms with Crippen molar-refractivity contribution in [3.8, 4) is 6.07 Å². The first-order valence-corrected chi connectivity index (χ1v) is 4.45. The molecule has 0 radical (unpaired) electrons. The fraction of sp³-hybridized carbons (Fsp3) is 0.556. The van der Waals surface area contributed by atoms with Gasteiger partial charge in [-0.05, 0) is 0 Å². The van der Waals surface area contributed by atoms with Gasteiger partial charge in [0.05, 0.1) is 6.07 Å². The summed E-state index contributed by atoms with van der Waals surface area (Å²) in [5.41, 5.74) is 0. The molecule has 0 saturated heterocycles. The molecule has 0 amide bonds. The van der Waals surface area contributed by atoms with E-state index in [1.807, 2.05) is 0 Å². The highest BCUT2D eigenvalue weighted by molar-refractivity contribution is 4.96. The van der Waals surface area contributed by atoms with Gasteiger partial charge >= 0.3 is 6.18 Å². The number of aryl methyl sites for hydroxylation is 1. The Morgan fingerprint density at radius 3 is 2.73 bits per heavy atom. The molecule has 1 aromatic rings. The molecule has 82 valence electrons. The molecular weight excluding hydrogens is 207 g/mol. The van der Waals surface area contributed by atoms with Crippen molar-refractivity contribution in [3.63, 3.8) is 0 Å². The Labute approximate surface area is 85.1 Å². The van der Waals surface area contributed by atoms with E-state index < -0.39 is 12.1 Å². The highest BCUT2D eigenvalue weighted by Gasteiger charge is 2.40. The lowest BCUT2D eigenvalue weighted by molar-refractivity contribution is -0.162. The second-order valence-electron chi connectivity index (χ2n) is 3.07. The summed E-state index contributed by atoms with van der Waals surface area (Å²) in [4.78, 5) is 3.89. The monoisotopic (exact) mass is 217 g/mol. The zero-order chi connectivity index (χ0) is 11.5. The van der Waals surface area contributed by atoms with Crippen molar-refractivity contribution in [1.29, 1.82) is 5.26 Å². The molecule has 6 heteroatoms. The van der Waals surface area contributed by atoms with Crippen LogP contribution in [0.15, 0.2) is 12.4 Å². The number of hydrogen-bond acceptors (Lipinski definition) is 2. The van der Waals surface area contributed by atoms with Gasteiger partial charge in [-0.2, -0.15) is 18.4 Å². The third kappa shape index (κ3) is 2.72. The fourth-order valence-corrected chi connectivity index (χ4v) is 1.23. The molecule has 1 aromatic heterocycles. The van der Waals surface area contributed by atoms with Gasteiger partial charge in [-0.15, -0.1) is 0 Å². The summed E-state index contributed by atoms with van der Waals surface area (Å²) in [5.74, 6) is -1.42. The SMILES string of the molecule is CCc1nccn1CC(C#N)C(F)(F)F. The average molecular weight is 217 g/mol. The van der Waals surface area contributed by atoms with Crippen LogP contribution in [-0.2, 0) is 13.0 Å². The zero-order valence-corrected chi connectivity index (χ0v) is 8.12. The van der Waals surface area contributed by atoms with Crippen LogP contribution in [0.4, 0.5) is 13.2 Å². The van der Waals surface area contributed by atoms with Gasteiger partial charge in [-0.3, -0.25) is 0 Å². The minimum atomic E-state index is -4.48. The van der Waals surface area contributed by atoms with Gasteiger partial charge in [0.2, 0.25) is 0 Å². The van der Waals surface area contributed by atoms with Gasteiger partial charge in [0.1, 0.15) is 5.82 Å². The molecule has 1 unspecified atom stereocenters. The molecule has 1 heterocycles. The first-order chi connectivity index (χ1) is 6.99. The Kier molecular flexibility index (Phi) is 3.35. The first-order valence-electron chi connectivity index (χ1n) is 4.45. The second-order valence-corrected chi connectivity index (χ2v) is 3.07. The van der Waals surface area contributed by atoms with Crippen molar-refractivity contribution in [2.24, 2.45) is 5.92 Å². The normalized spacial score (nSPS) is 13.5. The highest BCUT2D eigenvalue weighted by Crippen LogP contribution is 2.27. The summed E-state index contributed by atoms with van der Waals surface area (Å²) in [7, 11) is 0. The highest BCUT2D eigenvalue weighted by atomic mass is 19.4. The Morgan fingerprint density at radius 1 is 1.60 bits per heavy atom. The molecule has 3 nitrogen and oxygen atoms in total. The lowest BCUT2D eigenvalue weighted by atomic mass is 10.1. The molecule has 0 saturated carbocycles. The number of nitrogens with zero attached hydrogens (tertiary/aromatic N) is 3. The number of alkyl halides is 3. The van der Waals surface area contributed by atoms with Crippen LogP contribution in [-0.4, -0.2) is 15.7 Å². The number of nitriles is 1. The molecule has 0 fully saturated rings. The summed E-state index contributed by atoms with van der Waals surface area (Å²) >= 11 is 0. The van der Waals surface area contributed by atoms with E-state index in [1.54, 1.807) is 6.92 Å². The maximum absolute atomic E-state index is 12.3. The molecule has 0 aromatic carbocycles. The fourth-order valence-electron chi connectivity index (χ4n) is 1.23. The minimum Gasteiger partial charge on any atom is -0.333 e. The van der Waals surface area contributed by atoms with Crippen LogP contribution in [0.5, 0.6) is 0 Å². The molecule has 0 aliphatic carbocycles. The van der Waals surface area contributed by atoms with Gasteiger partial charge in [-0.1, -0.05) is 6.92 Å². The van der Waals surface area contributed by atoms with Gasteiger partial charge < -0.3 is 4.57 Å². The maximum atomic E-state index is 12.3. The molecule has 1 atom stereocenters. The van der Waals surface area contributed by atoms with Crippen LogP contribution in [0, 0.1) is 17.2 Å². The van der Waals surface area contributed by atoms with E-state index >= 15 is 0 Å². The lowest BCUT2D eigenvalue weighted by Gasteiger charge is -2.14. The van der Waals surface area contributed by atoms with E-state index in [1.165, 1.54) is 23.0 Å². The van der Waals surface area contributed by atoms with Gasteiger partial charge in [0.25, 0.3) is 0 Å². The number of imidazole rings is 1. The zero-order valence-electron chi connectivity index (χ0n) is 8.12. The molecule has 0 aliphatic rings. The van der Waals surface area contributed by atoms with Crippen LogP contribution in [0.2, 0.25) is 0 Å². The molecule has 0 aliphatic heterocycles. The summed E-state index contributed by atoms with van der Waals surface area (Å²) in [6.07, 6.45) is -1.05. The Balaban J connectivity index is 2.81. The first kappa shape index (κ1) is 11.6. The number of aromatic nitrogens is 2. The van der Waals surface area contributed by atoms with E-state index in [2.05, 4.69) is 4.98 Å². The van der Waals surface area contributed by atoms with Crippen LogP contribution >= 0.6 is 0 Å². The predicted molar refractivity (Wildman–Crippen MR) is 46.8 cm³/mol. The molecule has 1 rings (SSSR count). The van der Waals surface area contributed by atoms with Crippen molar-refractivity contribution in [2.45, 2.75) is 26.1 Å². The molecule has 15 heavy (non-hydrogen) atoms.